The molecule has 1 aliphatic rings. The van der Waals surface area contributed by atoms with Crippen molar-refractivity contribution in [1.82, 2.24) is 0 Å². The Labute approximate surface area is 341 Å². The fourth-order valence-corrected chi connectivity index (χ4v) is 7.16. The summed E-state index contributed by atoms with van der Waals surface area (Å²) in [5.74, 6) is 0. The topological polar surface area (TPSA) is 13.1 Å². The fourth-order valence-electron chi connectivity index (χ4n) is 7.16. The predicted octanol–water partition coefficient (Wildman–Crippen LogP) is 14.4. The van der Waals surface area contributed by atoms with Gasteiger partial charge in [0.05, 0.1) is 38.4 Å². The van der Waals surface area contributed by atoms with Gasteiger partial charge in [0.2, 0.25) is 0 Å². The van der Waals surface area contributed by atoms with Gasteiger partial charge in [0, 0.05) is 21.6 Å². The molecule has 0 fully saturated rings. The molecule has 0 atom stereocenters. The second-order valence-electron chi connectivity index (χ2n) is 12.6. The van der Waals surface area contributed by atoms with Crippen molar-refractivity contribution < 1.29 is 42.8 Å². The van der Waals surface area contributed by atoms with Crippen LogP contribution in [0.15, 0.2) is 174 Å². The molecule has 244 valence electrons. The highest BCUT2D eigenvalue weighted by molar-refractivity contribution is 6.27. The standard InChI is InChI=1S/C51H34O/c1-51(2)44-23-10-9-17-36(44)37-27-26-33(30-45(37)51)32-14-11-15-34(29-32)47-38-18-5-7-20-40(38)48(41-21-8-6-19-39(41)47)42-22-12-24-46-49(42)43-28-25-31-13-3-4-16-35(31)50(43)52-46/h3-30H,1-2H3/i3D,4D,5D,6D,7D,8D,9D,10D,11D,12D,13D,14D,15D,16D,17D,18D,19D,20D,21D,22D,23D,24D,25D,26D,27D,28D,29D,30D. The smallest absolute Gasteiger partial charge is 0.143 e. The van der Waals surface area contributed by atoms with Crippen LogP contribution in [0.2, 0.25) is 0 Å². The van der Waals surface area contributed by atoms with Crippen LogP contribution >= 0.6 is 0 Å². The third-order valence-corrected chi connectivity index (χ3v) is 9.50. The van der Waals surface area contributed by atoms with Gasteiger partial charge in [-0.1, -0.05) is 159 Å². The third kappa shape index (κ3) is 4.05. The zero-order chi connectivity index (χ0) is 58.9. The van der Waals surface area contributed by atoms with E-state index in [9.17, 15) is 17.8 Å². The molecule has 0 radical (unpaired) electrons. The van der Waals surface area contributed by atoms with Gasteiger partial charge in [0.1, 0.15) is 11.2 Å². The quantitative estimate of drug-likeness (QED) is 0.168. The van der Waals surface area contributed by atoms with E-state index in [4.69, 9.17) is 25.0 Å². The number of hydrogen-bond acceptors (Lipinski definition) is 1. The van der Waals surface area contributed by atoms with Crippen molar-refractivity contribution >= 4 is 54.3 Å². The number of rotatable bonds is 3. The first kappa shape index (κ1) is 13.0. The van der Waals surface area contributed by atoms with Crippen molar-refractivity contribution in [1.29, 1.82) is 0 Å². The summed E-state index contributed by atoms with van der Waals surface area (Å²) in [6.45, 7) is 3.01. The van der Waals surface area contributed by atoms with Crippen LogP contribution in [0, 0.1) is 0 Å². The van der Waals surface area contributed by atoms with Gasteiger partial charge in [0.15, 0.2) is 0 Å². The molecular formula is C51H34O. The molecule has 11 rings (SSSR count). The lowest BCUT2D eigenvalue weighted by atomic mass is 9.81. The molecule has 0 N–H and O–H groups in total. The number of fused-ring (bicyclic) bond motifs is 10. The summed E-state index contributed by atoms with van der Waals surface area (Å²) >= 11 is 0. The molecule has 0 saturated carbocycles. The second kappa shape index (κ2) is 10.8. The Kier molecular flexibility index (Phi) is 2.69. The van der Waals surface area contributed by atoms with Gasteiger partial charge in [-0.2, -0.15) is 0 Å². The summed E-state index contributed by atoms with van der Waals surface area (Å²) in [6, 6.07) is -24.2. The summed E-state index contributed by atoms with van der Waals surface area (Å²) in [6.07, 6.45) is 0. The highest BCUT2D eigenvalue weighted by Crippen LogP contribution is 2.51. The number of furan rings is 1. The zero-order valence-electron chi connectivity index (χ0n) is 54.9. The lowest BCUT2D eigenvalue weighted by Crippen LogP contribution is -2.14. The summed E-state index contributed by atoms with van der Waals surface area (Å²) in [5.41, 5.74) is -7.70. The SMILES string of the molecule is [2H]c1c([2H])c(-c2c([2H])c([2H])c3c(c2[2H])C(C)(C)c2c([2H])c([2H])c([2H])c([2H])c2-3)c([2H])c(-c2c3c([2H])c([2H])c([2H])c([2H])c3c(-c3c([2H])c([2H])c([2H])c4oc5c6c([2H])c([2H])c([2H])c([2H])c6c([2H])c([2H])c5c34)c3c([2H])c([2H])c([2H])c([2H])c23)c1[2H]. The van der Waals surface area contributed by atoms with Gasteiger partial charge in [-0.25, -0.2) is 0 Å². The van der Waals surface area contributed by atoms with Gasteiger partial charge >= 0.3 is 0 Å². The van der Waals surface area contributed by atoms with Crippen molar-refractivity contribution in [3.63, 3.8) is 0 Å². The summed E-state index contributed by atoms with van der Waals surface area (Å²) in [7, 11) is 0. The molecule has 0 spiro atoms. The van der Waals surface area contributed by atoms with Gasteiger partial charge in [-0.15, -0.1) is 0 Å². The van der Waals surface area contributed by atoms with Crippen LogP contribution < -0.4 is 0 Å². The van der Waals surface area contributed by atoms with Crippen molar-refractivity contribution in [3.8, 4) is 44.5 Å². The molecular weight excluding hydrogens is 629 g/mol. The Morgan fingerprint density at radius 3 is 1.81 bits per heavy atom. The van der Waals surface area contributed by atoms with Crippen LogP contribution in [0.1, 0.15) is 63.4 Å². The maximum absolute atomic E-state index is 10.0. The molecule has 0 aliphatic heterocycles. The van der Waals surface area contributed by atoms with Crippen LogP contribution in [0.5, 0.6) is 0 Å². The summed E-state index contributed by atoms with van der Waals surface area (Å²) in [4.78, 5) is 0. The molecule has 1 heterocycles. The maximum atomic E-state index is 10.0. The van der Waals surface area contributed by atoms with Crippen molar-refractivity contribution in [2.24, 2.45) is 0 Å². The van der Waals surface area contributed by atoms with E-state index in [0.717, 1.165) is 0 Å². The van der Waals surface area contributed by atoms with Gasteiger partial charge < -0.3 is 4.42 Å². The van der Waals surface area contributed by atoms with E-state index in [2.05, 4.69) is 0 Å². The van der Waals surface area contributed by atoms with Gasteiger partial charge in [-0.3, -0.25) is 0 Å². The summed E-state index contributed by atoms with van der Waals surface area (Å²) < 4.78 is 263. The van der Waals surface area contributed by atoms with E-state index in [0.29, 0.717) is 0 Å². The lowest BCUT2D eigenvalue weighted by Gasteiger charge is -2.22. The molecule has 52 heavy (non-hydrogen) atoms. The van der Waals surface area contributed by atoms with Gasteiger partial charge in [-0.05, 0) is 107 Å². The molecule has 1 aromatic heterocycles. The Bertz CT molecular complexity index is 4630. The van der Waals surface area contributed by atoms with Crippen LogP contribution in [0.4, 0.5) is 0 Å². The minimum absolute atomic E-state index is 0.0225. The van der Waals surface area contributed by atoms with E-state index in [1.165, 1.54) is 13.8 Å². The fraction of sp³-hybridized carbons (Fsp3) is 0.0588. The average Bonchev–Trinajstić information content (AvgIpc) is 4.02. The third-order valence-electron chi connectivity index (χ3n) is 9.50. The van der Waals surface area contributed by atoms with E-state index in [1.807, 2.05) is 0 Å². The first-order valence-corrected chi connectivity index (χ1v) is 15.9. The van der Waals surface area contributed by atoms with Crippen LogP contribution in [-0.4, -0.2) is 0 Å². The van der Waals surface area contributed by atoms with E-state index >= 15 is 0 Å². The first-order chi connectivity index (χ1) is 37.2. The predicted molar refractivity (Wildman–Crippen MR) is 220 cm³/mol. The van der Waals surface area contributed by atoms with Crippen molar-refractivity contribution in [3.05, 3.63) is 180 Å². The van der Waals surface area contributed by atoms with Gasteiger partial charge in [0.25, 0.3) is 0 Å². The van der Waals surface area contributed by atoms with Crippen LogP contribution in [0.25, 0.3) is 98.8 Å². The maximum Gasteiger partial charge on any atom is 0.143 e. The highest BCUT2D eigenvalue weighted by Gasteiger charge is 2.35. The molecule has 1 nitrogen and oxygen atoms in total. The molecule has 0 unspecified atom stereocenters. The van der Waals surface area contributed by atoms with Crippen LogP contribution in [-0.2, 0) is 5.41 Å². The summed E-state index contributed by atoms with van der Waals surface area (Å²) in [5, 5.41) is -4.96. The minimum atomic E-state index is -1.53. The normalized spacial score (nSPS) is 20.9. The zero-order valence-corrected chi connectivity index (χ0v) is 26.9. The van der Waals surface area contributed by atoms with E-state index in [-0.39, 0.29) is 22.3 Å². The Balaban J connectivity index is 1.39. The molecule has 0 saturated heterocycles. The molecule has 0 amide bonds. The minimum Gasteiger partial charge on any atom is -0.455 e. The molecule has 1 aliphatic carbocycles. The average molecular weight is 691 g/mol. The van der Waals surface area contributed by atoms with E-state index in [1.54, 1.807) is 0 Å². The monoisotopic (exact) mass is 690 g/mol. The number of benzene rings is 9. The van der Waals surface area contributed by atoms with Crippen molar-refractivity contribution in [2.45, 2.75) is 19.3 Å². The molecule has 10 aromatic rings. The molecule has 9 aromatic carbocycles. The Hall–Kier alpha value is -6.44. The highest BCUT2D eigenvalue weighted by atomic mass is 16.3. The largest absolute Gasteiger partial charge is 0.455 e. The Morgan fingerprint density at radius 1 is 0.423 bits per heavy atom. The Morgan fingerprint density at radius 2 is 1.02 bits per heavy atom. The number of hydrogen-bond donors (Lipinski definition) is 0. The van der Waals surface area contributed by atoms with Crippen LogP contribution in [0.3, 0.4) is 0 Å². The van der Waals surface area contributed by atoms with E-state index < -0.39 is 262 Å². The first-order valence-electron chi connectivity index (χ1n) is 29.9. The molecule has 0 bridgehead atoms. The lowest BCUT2D eigenvalue weighted by molar-refractivity contribution is 0.660. The van der Waals surface area contributed by atoms with Crippen molar-refractivity contribution in [2.75, 3.05) is 0 Å². The molecule has 1 heteroatoms. The second-order valence-corrected chi connectivity index (χ2v) is 12.6.